The Morgan fingerprint density at radius 2 is 1.74 bits per heavy atom. The summed E-state index contributed by atoms with van der Waals surface area (Å²) in [5, 5.41) is 3.94. The number of benzene rings is 1. The number of aryl methyl sites for hydroxylation is 1. The van der Waals surface area contributed by atoms with E-state index >= 15 is 0 Å². The van der Waals surface area contributed by atoms with Crippen molar-refractivity contribution in [2.24, 2.45) is 5.84 Å². The summed E-state index contributed by atoms with van der Waals surface area (Å²) < 4.78 is 0. The summed E-state index contributed by atoms with van der Waals surface area (Å²) in [6.45, 7) is 2.11. The maximum Gasteiger partial charge on any atom is 0.161 e. The molecule has 2 rings (SSSR count). The van der Waals surface area contributed by atoms with Crippen LogP contribution in [0.5, 0.6) is 0 Å². The van der Waals surface area contributed by atoms with Crippen LogP contribution >= 0.6 is 23.2 Å². The Kier molecular flexibility index (Phi) is 4.47. The van der Waals surface area contributed by atoms with Crippen molar-refractivity contribution in [2.45, 2.75) is 13.3 Å². The first-order valence-electron chi connectivity index (χ1n) is 5.82. The van der Waals surface area contributed by atoms with Crippen LogP contribution in [0.2, 0.25) is 10.0 Å². The SMILES string of the molecule is CCc1ccc(Nc2nc(NN)c(Cl)cc2Cl)cc1. The Morgan fingerprint density at radius 1 is 1.11 bits per heavy atom. The van der Waals surface area contributed by atoms with Crippen molar-refractivity contribution in [3.05, 3.63) is 45.9 Å². The lowest BCUT2D eigenvalue weighted by atomic mass is 10.1. The molecular formula is C13H14Cl2N4. The third kappa shape index (κ3) is 3.29. The number of nitrogen functional groups attached to an aromatic ring is 1. The molecule has 1 aromatic carbocycles. The lowest BCUT2D eigenvalue weighted by Gasteiger charge is -2.11. The average Bonchev–Trinajstić information content (AvgIpc) is 2.42. The molecule has 2 aromatic rings. The topological polar surface area (TPSA) is 63.0 Å². The molecule has 0 radical (unpaired) electrons. The van der Waals surface area contributed by atoms with Gasteiger partial charge in [-0.05, 0) is 30.2 Å². The Hall–Kier alpha value is -1.49. The average molecular weight is 297 g/mol. The van der Waals surface area contributed by atoms with Gasteiger partial charge in [-0.3, -0.25) is 0 Å². The largest absolute Gasteiger partial charge is 0.339 e. The van der Waals surface area contributed by atoms with Crippen molar-refractivity contribution in [3.63, 3.8) is 0 Å². The van der Waals surface area contributed by atoms with E-state index < -0.39 is 0 Å². The van der Waals surface area contributed by atoms with Gasteiger partial charge in [-0.1, -0.05) is 42.3 Å². The molecule has 1 heterocycles. The predicted molar refractivity (Wildman–Crippen MR) is 81.2 cm³/mol. The second-order valence-corrected chi connectivity index (χ2v) is 4.78. The molecule has 0 atom stereocenters. The Balaban J connectivity index is 2.26. The van der Waals surface area contributed by atoms with Crippen LogP contribution in [0.3, 0.4) is 0 Å². The van der Waals surface area contributed by atoms with Crippen molar-refractivity contribution in [1.82, 2.24) is 4.98 Å². The molecular weight excluding hydrogens is 283 g/mol. The molecule has 0 unspecified atom stereocenters. The van der Waals surface area contributed by atoms with E-state index in [1.807, 2.05) is 24.3 Å². The van der Waals surface area contributed by atoms with Gasteiger partial charge >= 0.3 is 0 Å². The Morgan fingerprint density at radius 3 is 2.32 bits per heavy atom. The molecule has 0 aliphatic carbocycles. The van der Waals surface area contributed by atoms with Gasteiger partial charge in [-0.25, -0.2) is 10.8 Å². The number of nitrogens with zero attached hydrogens (tertiary/aromatic N) is 1. The van der Waals surface area contributed by atoms with E-state index in [0.29, 0.717) is 21.7 Å². The predicted octanol–water partition coefficient (Wildman–Crippen LogP) is 3.98. The van der Waals surface area contributed by atoms with Gasteiger partial charge in [0, 0.05) is 5.69 Å². The van der Waals surface area contributed by atoms with Crippen LogP contribution in [-0.4, -0.2) is 4.98 Å². The maximum atomic E-state index is 6.09. The summed E-state index contributed by atoms with van der Waals surface area (Å²) >= 11 is 12.0. The molecule has 0 aliphatic rings. The highest BCUT2D eigenvalue weighted by atomic mass is 35.5. The molecule has 6 heteroatoms. The molecule has 0 saturated heterocycles. The smallest absolute Gasteiger partial charge is 0.161 e. The summed E-state index contributed by atoms with van der Waals surface area (Å²) in [5.74, 6) is 6.21. The van der Waals surface area contributed by atoms with Gasteiger partial charge in [-0.15, -0.1) is 0 Å². The molecule has 0 bridgehead atoms. The van der Waals surface area contributed by atoms with Crippen molar-refractivity contribution in [2.75, 3.05) is 10.7 Å². The monoisotopic (exact) mass is 296 g/mol. The van der Waals surface area contributed by atoms with Crippen molar-refractivity contribution in [1.29, 1.82) is 0 Å². The quantitative estimate of drug-likeness (QED) is 0.590. The maximum absolute atomic E-state index is 6.09. The molecule has 0 aliphatic heterocycles. The van der Waals surface area contributed by atoms with Crippen LogP contribution in [0.25, 0.3) is 0 Å². The van der Waals surface area contributed by atoms with Crippen LogP contribution in [0.15, 0.2) is 30.3 Å². The van der Waals surface area contributed by atoms with Gasteiger partial charge in [0.25, 0.3) is 0 Å². The number of rotatable bonds is 4. The number of anilines is 3. The van der Waals surface area contributed by atoms with E-state index in [1.165, 1.54) is 5.56 Å². The number of nitrogens with two attached hydrogens (primary N) is 1. The fourth-order valence-electron chi connectivity index (χ4n) is 1.62. The minimum absolute atomic E-state index is 0.374. The molecule has 0 spiro atoms. The lowest BCUT2D eigenvalue weighted by Crippen LogP contribution is -2.10. The van der Waals surface area contributed by atoms with Crippen LogP contribution in [0.1, 0.15) is 12.5 Å². The number of hydrogen-bond donors (Lipinski definition) is 3. The van der Waals surface area contributed by atoms with E-state index in [2.05, 4.69) is 22.7 Å². The van der Waals surface area contributed by atoms with Crippen LogP contribution in [0.4, 0.5) is 17.3 Å². The van der Waals surface area contributed by atoms with Gasteiger partial charge in [0.1, 0.15) is 0 Å². The molecule has 1 aromatic heterocycles. The van der Waals surface area contributed by atoms with Gasteiger partial charge < -0.3 is 10.7 Å². The number of halogens is 2. The minimum atomic E-state index is 0.374. The fourth-order valence-corrected chi connectivity index (χ4v) is 2.08. The highest BCUT2D eigenvalue weighted by molar-refractivity contribution is 6.37. The number of nitrogens with one attached hydrogen (secondary N) is 2. The summed E-state index contributed by atoms with van der Waals surface area (Å²) in [5.41, 5.74) is 4.59. The zero-order valence-electron chi connectivity index (χ0n) is 10.4. The summed E-state index contributed by atoms with van der Waals surface area (Å²) in [6.07, 6.45) is 1.00. The molecule has 0 amide bonds. The highest BCUT2D eigenvalue weighted by Crippen LogP contribution is 2.30. The summed E-state index contributed by atoms with van der Waals surface area (Å²) in [6, 6.07) is 9.64. The number of pyridine rings is 1. The molecule has 100 valence electrons. The molecule has 19 heavy (non-hydrogen) atoms. The van der Waals surface area contributed by atoms with Gasteiger partial charge in [-0.2, -0.15) is 0 Å². The second kappa shape index (κ2) is 6.10. The van der Waals surface area contributed by atoms with Crippen LogP contribution in [0, 0.1) is 0 Å². The van der Waals surface area contributed by atoms with E-state index in [1.54, 1.807) is 6.07 Å². The van der Waals surface area contributed by atoms with Crippen LogP contribution in [-0.2, 0) is 6.42 Å². The highest BCUT2D eigenvalue weighted by Gasteiger charge is 2.08. The second-order valence-electron chi connectivity index (χ2n) is 3.97. The first kappa shape index (κ1) is 13.9. The third-order valence-electron chi connectivity index (χ3n) is 2.69. The van der Waals surface area contributed by atoms with E-state index in [-0.39, 0.29) is 0 Å². The lowest BCUT2D eigenvalue weighted by molar-refractivity contribution is 1.14. The van der Waals surface area contributed by atoms with Gasteiger partial charge in [0.05, 0.1) is 10.0 Å². The summed E-state index contributed by atoms with van der Waals surface area (Å²) in [7, 11) is 0. The molecule has 0 fully saturated rings. The molecule has 4 nitrogen and oxygen atoms in total. The van der Waals surface area contributed by atoms with E-state index in [4.69, 9.17) is 29.0 Å². The van der Waals surface area contributed by atoms with Crippen molar-refractivity contribution < 1.29 is 0 Å². The Bertz CT molecular complexity index is 570. The van der Waals surface area contributed by atoms with Crippen molar-refractivity contribution >= 4 is 40.5 Å². The zero-order valence-corrected chi connectivity index (χ0v) is 11.9. The number of hydrogen-bond acceptors (Lipinski definition) is 4. The standard InChI is InChI=1S/C13H14Cl2N4/c1-2-8-3-5-9(6-4-8)17-12-10(14)7-11(15)13(18-12)19-16/h3-7H,2,16H2,1H3,(H2,17,18,19). The van der Waals surface area contributed by atoms with Crippen molar-refractivity contribution in [3.8, 4) is 0 Å². The molecule has 4 N–H and O–H groups in total. The Labute approximate surface area is 121 Å². The van der Waals surface area contributed by atoms with Crippen LogP contribution < -0.4 is 16.6 Å². The van der Waals surface area contributed by atoms with Gasteiger partial charge in [0.15, 0.2) is 11.6 Å². The number of hydrazine groups is 1. The fraction of sp³-hybridized carbons (Fsp3) is 0.154. The van der Waals surface area contributed by atoms with Gasteiger partial charge in [0.2, 0.25) is 0 Å². The zero-order chi connectivity index (χ0) is 13.8. The minimum Gasteiger partial charge on any atom is -0.339 e. The van der Waals surface area contributed by atoms with E-state index in [9.17, 15) is 0 Å². The first-order chi connectivity index (χ1) is 9.13. The molecule has 0 saturated carbocycles. The summed E-state index contributed by atoms with van der Waals surface area (Å²) in [4.78, 5) is 4.22. The normalized spacial score (nSPS) is 10.3. The van der Waals surface area contributed by atoms with E-state index in [0.717, 1.165) is 12.1 Å². The number of aromatic nitrogens is 1. The third-order valence-corrected chi connectivity index (χ3v) is 3.27. The first-order valence-corrected chi connectivity index (χ1v) is 6.58.